The lowest BCUT2D eigenvalue weighted by Crippen LogP contribution is -2.17. The highest BCUT2D eigenvalue weighted by molar-refractivity contribution is 9.11. The third-order valence-corrected chi connectivity index (χ3v) is 3.07. The molecule has 4 heteroatoms. The minimum absolute atomic E-state index is 0.0816. The fourth-order valence-corrected chi connectivity index (χ4v) is 2.05. The molecule has 0 amide bonds. The third-order valence-electron chi connectivity index (χ3n) is 1.86. The molecular weight excluding hydrogens is 310 g/mol. The van der Waals surface area contributed by atoms with Gasteiger partial charge in [0, 0.05) is 15.6 Å². The zero-order valence-corrected chi connectivity index (χ0v) is 11.1. The normalized spacial score (nSPS) is 12.9. The second kappa shape index (κ2) is 5.85. The Balaban J connectivity index is 2.77. The first-order valence-corrected chi connectivity index (χ1v) is 6.02. The lowest BCUT2D eigenvalue weighted by atomic mass is 10.1. The van der Waals surface area contributed by atoms with Gasteiger partial charge in [-0.25, -0.2) is 0 Å². The van der Waals surface area contributed by atoms with Crippen molar-refractivity contribution in [2.75, 3.05) is 13.2 Å². The van der Waals surface area contributed by atoms with Crippen LogP contribution in [0.1, 0.15) is 18.5 Å². The van der Waals surface area contributed by atoms with Crippen molar-refractivity contribution in [2.45, 2.75) is 13.0 Å². The minimum Gasteiger partial charge on any atom is -0.380 e. The van der Waals surface area contributed by atoms with Gasteiger partial charge in [0.05, 0.1) is 12.6 Å². The Morgan fingerprint density at radius 1 is 1.43 bits per heavy atom. The van der Waals surface area contributed by atoms with Crippen molar-refractivity contribution in [3.63, 3.8) is 0 Å². The molecule has 0 aliphatic carbocycles. The predicted octanol–water partition coefficient (Wildman–Crippen LogP) is 3.25. The van der Waals surface area contributed by atoms with E-state index in [0.29, 0.717) is 13.2 Å². The predicted molar refractivity (Wildman–Crippen MR) is 65.3 cm³/mol. The zero-order valence-electron chi connectivity index (χ0n) is 7.97. The van der Waals surface area contributed by atoms with E-state index in [1.54, 1.807) is 0 Å². The van der Waals surface area contributed by atoms with Crippen LogP contribution in [0.3, 0.4) is 0 Å². The summed E-state index contributed by atoms with van der Waals surface area (Å²) in [6.07, 6.45) is 0. The van der Waals surface area contributed by atoms with Gasteiger partial charge in [0.15, 0.2) is 0 Å². The summed E-state index contributed by atoms with van der Waals surface area (Å²) >= 11 is 6.88. The van der Waals surface area contributed by atoms with Crippen molar-refractivity contribution >= 4 is 31.9 Å². The van der Waals surface area contributed by atoms with Gasteiger partial charge in [-0.2, -0.15) is 0 Å². The quantitative estimate of drug-likeness (QED) is 0.923. The number of ether oxygens (including phenoxy) is 1. The van der Waals surface area contributed by atoms with Crippen LogP contribution in [0.15, 0.2) is 27.1 Å². The molecule has 0 fully saturated rings. The summed E-state index contributed by atoms with van der Waals surface area (Å²) in [6, 6.07) is 5.88. The Hall–Kier alpha value is 0.1000. The molecule has 14 heavy (non-hydrogen) atoms. The van der Waals surface area contributed by atoms with Crippen LogP contribution >= 0.6 is 31.9 Å². The summed E-state index contributed by atoms with van der Waals surface area (Å²) in [5, 5.41) is 0. The maximum Gasteiger partial charge on any atom is 0.0659 e. The molecule has 0 heterocycles. The third kappa shape index (κ3) is 3.35. The molecule has 0 radical (unpaired) electrons. The van der Waals surface area contributed by atoms with Crippen LogP contribution in [0, 0.1) is 0 Å². The van der Waals surface area contributed by atoms with E-state index in [1.807, 2.05) is 25.1 Å². The number of benzene rings is 1. The van der Waals surface area contributed by atoms with E-state index in [2.05, 4.69) is 31.9 Å². The lowest BCUT2D eigenvalue weighted by molar-refractivity contribution is 0.133. The van der Waals surface area contributed by atoms with Gasteiger partial charge in [-0.15, -0.1) is 0 Å². The molecule has 1 aromatic carbocycles. The van der Waals surface area contributed by atoms with E-state index in [-0.39, 0.29) is 6.04 Å². The Labute approximate surface area is 101 Å². The topological polar surface area (TPSA) is 35.2 Å². The number of hydrogen-bond acceptors (Lipinski definition) is 2. The molecule has 0 spiro atoms. The Bertz CT molecular complexity index is 304. The van der Waals surface area contributed by atoms with Crippen LogP contribution < -0.4 is 5.73 Å². The van der Waals surface area contributed by atoms with E-state index >= 15 is 0 Å². The highest BCUT2D eigenvalue weighted by atomic mass is 79.9. The van der Waals surface area contributed by atoms with E-state index in [4.69, 9.17) is 10.5 Å². The molecule has 0 aromatic heterocycles. The van der Waals surface area contributed by atoms with Gasteiger partial charge in [0.2, 0.25) is 0 Å². The molecule has 0 aliphatic rings. The summed E-state index contributed by atoms with van der Waals surface area (Å²) < 4.78 is 7.33. The van der Waals surface area contributed by atoms with E-state index in [1.165, 1.54) is 0 Å². The molecule has 2 N–H and O–H groups in total. The molecule has 78 valence electrons. The lowest BCUT2D eigenvalue weighted by Gasteiger charge is -2.13. The molecule has 2 nitrogen and oxygen atoms in total. The highest BCUT2D eigenvalue weighted by Gasteiger charge is 2.09. The van der Waals surface area contributed by atoms with E-state index < -0.39 is 0 Å². The molecule has 0 bridgehead atoms. The average molecular weight is 323 g/mol. The van der Waals surface area contributed by atoms with Crippen LogP contribution in [0.5, 0.6) is 0 Å². The summed E-state index contributed by atoms with van der Waals surface area (Å²) in [7, 11) is 0. The maximum atomic E-state index is 5.97. The van der Waals surface area contributed by atoms with Gasteiger partial charge in [0.1, 0.15) is 0 Å². The molecular formula is C10H13Br2NO. The van der Waals surface area contributed by atoms with Gasteiger partial charge >= 0.3 is 0 Å². The Kier molecular flexibility index (Phi) is 5.09. The highest BCUT2D eigenvalue weighted by Crippen LogP contribution is 2.25. The molecule has 1 rings (SSSR count). The van der Waals surface area contributed by atoms with Crippen molar-refractivity contribution in [2.24, 2.45) is 5.73 Å². The first-order valence-electron chi connectivity index (χ1n) is 4.43. The number of nitrogens with two attached hydrogens (primary N) is 1. The molecule has 0 saturated carbocycles. The molecule has 0 saturated heterocycles. The average Bonchev–Trinajstić information content (AvgIpc) is 2.18. The largest absolute Gasteiger partial charge is 0.380 e. The van der Waals surface area contributed by atoms with Gasteiger partial charge in [0.25, 0.3) is 0 Å². The van der Waals surface area contributed by atoms with Gasteiger partial charge < -0.3 is 10.5 Å². The monoisotopic (exact) mass is 321 g/mol. The van der Waals surface area contributed by atoms with Crippen molar-refractivity contribution in [3.05, 3.63) is 32.7 Å². The molecule has 1 unspecified atom stereocenters. The fraction of sp³-hybridized carbons (Fsp3) is 0.400. The van der Waals surface area contributed by atoms with Crippen molar-refractivity contribution in [1.29, 1.82) is 0 Å². The van der Waals surface area contributed by atoms with Crippen LogP contribution in [-0.2, 0) is 4.74 Å². The summed E-state index contributed by atoms with van der Waals surface area (Å²) in [6.45, 7) is 3.20. The van der Waals surface area contributed by atoms with E-state index in [9.17, 15) is 0 Å². The first kappa shape index (κ1) is 12.2. The van der Waals surface area contributed by atoms with Crippen LogP contribution in [-0.4, -0.2) is 13.2 Å². The first-order chi connectivity index (χ1) is 6.65. The van der Waals surface area contributed by atoms with E-state index in [0.717, 1.165) is 14.5 Å². The van der Waals surface area contributed by atoms with Gasteiger partial charge in [-0.1, -0.05) is 31.9 Å². The number of rotatable bonds is 4. The van der Waals surface area contributed by atoms with Gasteiger partial charge in [-0.05, 0) is 30.7 Å². The van der Waals surface area contributed by atoms with Crippen LogP contribution in [0.25, 0.3) is 0 Å². The fourth-order valence-electron chi connectivity index (χ4n) is 1.13. The Morgan fingerprint density at radius 2 is 2.14 bits per heavy atom. The zero-order chi connectivity index (χ0) is 10.6. The maximum absolute atomic E-state index is 5.97. The summed E-state index contributed by atoms with van der Waals surface area (Å²) in [5.74, 6) is 0. The summed E-state index contributed by atoms with van der Waals surface area (Å²) in [5.41, 5.74) is 7.04. The van der Waals surface area contributed by atoms with Crippen LogP contribution in [0.2, 0.25) is 0 Å². The van der Waals surface area contributed by atoms with Gasteiger partial charge in [-0.3, -0.25) is 0 Å². The second-order valence-electron chi connectivity index (χ2n) is 2.93. The van der Waals surface area contributed by atoms with Crippen molar-refractivity contribution < 1.29 is 4.74 Å². The molecule has 1 aromatic rings. The standard InChI is InChI=1S/C10H13Br2NO/c1-2-14-6-10(13)8-5-7(11)3-4-9(8)12/h3-5,10H,2,6,13H2,1H3. The molecule has 1 atom stereocenters. The van der Waals surface area contributed by atoms with Crippen LogP contribution in [0.4, 0.5) is 0 Å². The van der Waals surface area contributed by atoms with Crippen molar-refractivity contribution in [1.82, 2.24) is 0 Å². The second-order valence-corrected chi connectivity index (χ2v) is 4.70. The smallest absolute Gasteiger partial charge is 0.0659 e. The summed E-state index contributed by atoms with van der Waals surface area (Å²) in [4.78, 5) is 0. The Morgan fingerprint density at radius 3 is 2.79 bits per heavy atom. The SMILES string of the molecule is CCOCC(N)c1cc(Br)ccc1Br. The minimum atomic E-state index is -0.0816. The van der Waals surface area contributed by atoms with Crippen molar-refractivity contribution in [3.8, 4) is 0 Å². The number of hydrogen-bond donors (Lipinski definition) is 1. The number of halogens is 2. The molecule has 0 aliphatic heterocycles.